The Hall–Kier alpha value is -3.06. The highest BCUT2D eigenvalue weighted by molar-refractivity contribution is 5.33. The van der Waals surface area contributed by atoms with E-state index >= 15 is 0 Å². The largest absolute Gasteiger partial charge is 0.508 e. The van der Waals surface area contributed by atoms with Gasteiger partial charge in [-0.05, 0) is 35.4 Å². The normalized spacial score (nSPS) is 17.8. The number of phenols is 2. The summed E-state index contributed by atoms with van der Waals surface area (Å²) in [4.78, 5) is 4.12. The summed E-state index contributed by atoms with van der Waals surface area (Å²) < 4.78 is 0. The van der Waals surface area contributed by atoms with Crippen molar-refractivity contribution in [2.75, 3.05) is 26.2 Å². The zero-order valence-electron chi connectivity index (χ0n) is 14.3. The molecular weight excluding hydrogens is 328 g/mol. The van der Waals surface area contributed by atoms with Gasteiger partial charge < -0.3 is 10.2 Å². The molecule has 26 heavy (non-hydrogen) atoms. The maximum atomic E-state index is 9.66. The van der Waals surface area contributed by atoms with Crippen LogP contribution in [-0.2, 0) is 0 Å². The number of benzene rings is 2. The maximum absolute atomic E-state index is 9.66. The number of hydrogen-bond acceptors (Lipinski definition) is 6. The van der Waals surface area contributed by atoms with E-state index in [1.54, 1.807) is 36.4 Å². The minimum Gasteiger partial charge on any atom is -0.508 e. The van der Waals surface area contributed by atoms with Gasteiger partial charge in [0.15, 0.2) is 0 Å². The van der Waals surface area contributed by atoms with Crippen LogP contribution in [0.15, 0.2) is 48.5 Å². The van der Waals surface area contributed by atoms with Crippen LogP contribution in [0.1, 0.15) is 23.2 Å². The Bertz CT molecular complexity index is 776. The molecule has 1 aliphatic rings. The van der Waals surface area contributed by atoms with Crippen molar-refractivity contribution >= 4 is 0 Å². The molecule has 0 radical (unpaired) electrons. The van der Waals surface area contributed by atoms with E-state index in [2.05, 4.69) is 21.9 Å². The quantitative estimate of drug-likeness (QED) is 0.882. The van der Waals surface area contributed by atoms with Crippen LogP contribution in [-0.4, -0.2) is 46.2 Å². The van der Waals surface area contributed by atoms with Crippen LogP contribution in [0.25, 0.3) is 0 Å². The van der Waals surface area contributed by atoms with E-state index in [0.29, 0.717) is 26.2 Å². The molecule has 0 spiro atoms. The van der Waals surface area contributed by atoms with Gasteiger partial charge in [0, 0.05) is 26.2 Å². The van der Waals surface area contributed by atoms with Gasteiger partial charge in [-0.2, -0.15) is 10.5 Å². The van der Waals surface area contributed by atoms with Crippen LogP contribution >= 0.6 is 0 Å². The highest BCUT2D eigenvalue weighted by Gasteiger charge is 2.29. The summed E-state index contributed by atoms with van der Waals surface area (Å²) >= 11 is 0. The number of rotatable bonds is 4. The van der Waals surface area contributed by atoms with Gasteiger partial charge in [-0.1, -0.05) is 24.3 Å². The fourth-order valence-corrected chi connectivity index (χ4v) is 3.38. The summed E-state index contributed by atoms with van der Waals surface area (Å²) in [6.07, 6.45) is 0. The van der Waals surface area contributed by atoms with E-state index in [1.165, 1.54) is 0 Å². The average Bonchev–Trinajstić information content (AvgIpc) is 2.64. The van der Waals surface area contributed by atoms with Crippen LogP contribution in [0.4, 0.5) is 0 Å². The molecule has 0 aliphatic carbocycles. The molecule has 1 fully saturated rings. The Labute approximate surface area is 152 Å². The molecule has 0 aromatic heterocycles. The topological polar surface area (TPSA) is 94.5 Å². The van der Waals surface area contributed by atoms with E-state index in [0.717, 1.165) is 11.1 Å². The molecule has 0 amide bonds. The van der Waals surface area contributed by atoms with Gasteiger partial charge in [0.1, 0.15) is 23.6 Å². The van der Waals surface area contributed by atoms with Gasteiger partial charge in [-0.25, -0.2) is 0 Å². The zero-order chi connectivity index (χ0) is 18.5. The fourth-order valence-electron chi connectivity index (χ4n) is 3.38. The zero-order valence-corrected chi connectivity index (χ0v) is 14.3. The third-order valence-corrected chi connectivity index (χ3v) is 4.70. The van der Waals surface area contributed by atoms with Gasteiger partial charge >= 0.3 is 0 Å². The molecule has 0 saturated carbocycles. The SMILES string of the molecule is N#C[C@@H](c1cccc(O)c1)N1CCN([C@@H](C#N)c2cccc(O)c2)CC1. The van der Waals surface area contributed by atoms with Gasteiger partial charge in [0.25, 0.3) is 0 Å². The Morgan fingerprint density at radius 2 is 1.12 bits per heavy atom. The molecule has 1 aliphatic heterocycles. The summed E-state index contributed by atoms with van der Waals surface area (Å²) in [5.41, 5.74) is 1.54. The number of nitrogens with zero attached hydrogens (tertiary/aromatic N) is 4. The first-order valence-corrected chi connectivity index (χ1v) is 8.47. The molecule has 0 unspecified atom stereocenters. The first kappa shape index (κ1) is 17.8. The number of aromatic hydroxyl groups is 2. The van der Waals surface area contributed by atoms with Crippen molar-refractivity contribution < 1.29 is 10.2 Å². The summed E-state index contributed by atoms with van der Waals surface area (Å²) in [6, 6.07) is 17.3. The van der Waals surface area contributed by atoms with Crippen LogP contribution in [0, 0.1) is 22.7 Å². The van der Waals surface area contributed by atoms with Crippen molar-refractivity contribution in [3.63, 3.8) is 0 Å². The van der Waals surface area contributed by atoms with E-state index in [9.17, 15) is 20.7 Å². The van der Waals surface area contributed by atoms with E-state index in [-0.39, 0.29) is 11.5 Å². The van der Waals surface area contributed by atoms with Gasteiger partial charge in [0.05, 0.1) is 12.1 Å². The minimum absolute atomic E-state index is 0.148. The van der Waals surface area contributed by atoms with Crippen molar-refractivity contribution in [1.82, 2.24) is 9.80 Å². The molecule has 2 aromatic rings. The molecule has 0 bridgehead atoms. The number of hydrogen-bond donors (Lipinski definition) is 2. The maximum Gasteiger partial charge on any atom is 0.124 e. The molecule has 132 valence electrons. The minimum atomic E-state index is -0.425. The second-order valence-corrected chi connectivity index (χ2v) is 6.33. The van der Waals surface area contributed by atoms with Crippen molar-refractivity contribution in [3.05, 3.63) is 59.7 Å². The van der Waals surface area contributed by atoms with Gasteiger partial charge in [0.2, 0.25) is 0 Å². The van der Waals surface area contributed by atoms with Crippen LogP contribution in [0.2, 0.25) is 0 Å². The Morgan fingerprint density at radius 1 is 0.731 bits per heavy atom. The monoisotopic (exact) mass is 348 g/mol. The highest BCUT2D eigenvalue weighted by atomic mass is 16.3. The average molecular weight is 348 g/mol. The van der Waals surface area contributed by atoms with Crippen LogP contribution < -0.4 is 0 Å². The lowest BCUT2D eigenvalue weighted by molar-refractivity contribution is 0.0978. The van der Waals surface area contributed by atoms with Crippen LogP contribution in [0.5, 0.6) is 11.5 Å². The summed E-state index contributed by atoms with van der Waals surface area (Å²) in [6.45, 7) is 2.57. The molecule has 2 atom stereocenters. The lowest BCUT2D eigenvalue weighted by Crippen LogP contribution is -2.48. The number of piperazine rings is 1. The second-order valence-electron chi connectivity index (χ2n) is 6.33. The third kappa shape index (κ3) is 3.78. The third-order valence-electron chi connectivity index (χ3n) is 4.70. The molecule has 6 nitrogen and oxygen atoms in total. The molecule has 3 rings (SSSR count). The van der Waals surface area contributed by atoms with Crippen molar-refractivity contribution in [1.29, 1.82) is 10.5 Å². The van der Waals surface area contributed by atoms with E-state index in [1.807, 2.05) is 12.1 Å². The standard InChI is InChI=1S/C20H20N4O2/c21-13-19(15-3-1-5-17(25)11-15)23-7-9-24(10-8-23)20(14-22)16-4-2-6-18(26)12-16/h1-6,11-12,19-20,25-26H,7-10H2/t19-,20-/m0/s1. The lowest BCUT2D eigenvalue weighted by Gasteiger charge is -2.38. The lowest BCUT2D eigenvalue weighted by atomic mass is 10.0. The molecule has 1 heterocycles. The van der Waals surface area contributed by atoms with Crippen molar-refractivity contribution in [3.8, 4) is 23.6 Å². The highest BCUT2D eigenvalue weighted by Crippen LogP contribution is 2.28. The molecule has 2 aromatic carbocycles. The van der Waals surface area contributed by atoms with Gasteiger partial charge in [-0.15, -0.1) is 0 Å². The molecule has 6 heteroatoms. The van der Waals surface area contributed by atoms with Crippen LogP contribution in [0.3, 0.4) is 0 Å². The van der Waals surface area contributed by atoms with Gasteiger partial charge in [-0.3, -0.25) is 9.80 Å². The summed E-state index contributed by atoms with van der Waals surface area (Å²) in [5.74, 6) is 0.296. The van der Waals surface area contributed by atoms with Crippen molar-refractivity contribution in [2.45, 2.75) is 12.1 Å². The Kier molecular flexibility index (Phi) is 5.38. The second kappa shape index (κ2) is 7.88. The predicted octanol–water partition coefficient (Wildman–Crippen LogP) is 2.54. The summed E-state index contributed by atoms with van der Waals surface area (Å²) in [5, 5.41) is 38.5. The fraction of sp³-hybridized carbons (Fsp3) is 0.300. The Balaban J connectivity index is 1.70. The molecule has 1 saturated heterocycles. The molecule has 2 N–H and O–H groups in total. The Morgan fingerprint density at radius 3 is 1.42 bits per heavy atom. The van der Waals surface area contributed by atoms with Crippen molar-refractivity contribution in [2.24, 2.45) is 0 Å². The summed E-state index contributed by atoms with van der Waals surface area (Å²) in [7, 11) is 0. The van der Waals surface area contributed by atoms with E-state index in [4.69, 9.17) is 0 Å². The first-order chi connectivity index (χ1) is 12.6. The molecular formula is C20H20N4O2. The number of nitriles is 2. The van der Waals surface area contributed by atoms with E-state index < -0.39 is 12.1 Å². The number of phenolic OH excluding ortho intramolecular Hbond substituents is 2. The smallest absolute Gasteiger partial charge is 0.124 e. The first-order valence-electron chi connectivity index (χ1n) is 8.47. The predicted molar refractivity (Wildman–Crippen MR) is 96.1 cm³/mol.